The zero-order valence-corrected chi connectivity index (χ0v) is 13.6. The molecule has 0 bridgehead atoms. The predicted molar refractivity (Wildman–Crippen MR) is 84.0 cm³/mol. The van der Waals surface area contributed by atoms with Crippen LogP contribution in [0.15, 0.2) is 0 Å². The van der Waals surface area contributed by atoms with Crippen LogP contribution >= 0.6 is 0 Å². The maximum absolute atomic E-state index is 2.42. The van der Waals surface area contributed by atoms with Gasteiger partial charge in [-0.25, -0.2) is 0 Å². The standard InChI is InChI=1S/C17H38N/c1-5-8-9-10-11-12-13-14-15-17-18(4,7-3)16-6-2/h5-17H2,1-4H3/q+1. The molecule has 0 radical (unpaired) electrons. The Morgan fingerprint density at radius 2 is 1.06 bits per heavy atom. The third kappa shape index (κ3) is 9.94. The summed E-state index contributed by atoms with van der Waals surface area (Å²) in [6, 6.07) is 0. The molecule has 0 amide bonds. The molecule has 0 aromatic heterocycles. The zero-order chi connectivity index (χ0) is 13.7. The molecule has 0 rings (SSSR count). The Hall–Kier alpha value is -0.0400. The molecular weight excluding hydrogens is 218 g/mol. The molecule has 1 nitrogen and oxygen atoms in total. The van der Waals surface area contributed by atoms with Crippen molar-refractivity contribution in [2.24, 2.45) is 0 Å². The van der Waals surface area contributed by atoms with E-state index in [1.54, 1.807) is 0 Å². The lowest BCUT2D eigenvalue weighted by Gasteiger charge is -2.33. The van der Waals surface area contributed by atoms with Crippen LogP contribution in [0.5, 0.6) is 0 Å². The van der Waals surface area contributed by atoms with Crippen molar-refractivity contribution in [3.05, 3.63) is 0 Å². The molecule has 0 aliphatic rings. The van der Waals surface area contributed by atoms with Gasteiger partial charge in [-0.3, -0.25) is 0 Å². The molecule has 0 fully saturated rings. The van der Waals surface area contributed by atoms with Crippen LogP contribution in [0.4, 0.5) is 0 Å². The Morgan fingerprint density at radius 3 is 1.50 bits per heavy atom. The van der Waals surface area contributed by atoms with Crippen LogP contribution in [0, 0.1) is 0 Å². The highest BCUT2D eigenvalue weighted by Gasteiger charge is 2.16. The summed E-state index contributed by atoms with van der Waals surface area (Å²) in [5, 5.41) is 0. The van der Waals surface area contributed by atoms with Gasteiger partial charge in [0.1, 0.15) is 0 Å². The van der Waals surface area contributed by atoms with Crippen molar-refractivity contribution < 1.29 is 4.48 Å². The van der Waals surface area contributed by atoms with E-state index in [2.05, 4.69) is 27.8 Å². The van der Waals surface area contributed by atoms with Crippen LogP contribution in [0.2, 0.25) is 0 Å². The Labute approximate surface area is 117 Å². The summed E-state index contributed by atoms with van der Waals surface area (Å²) in [7, 11) is 2.42. The van der Waals surface area contributed by atoms with E-state index >= 15 is 0 Å². The topological polar surface area (TPSA) is 0 Å². The van der Waals surface area contributed by atoms with Gasteiger partial charge in [0.2, 0.25) is 0 Å². The van der Waals surface area contributed by atoms with Crippen molar-refractivity contribution in [1.29, 1.82) is 0 Å². The van der Waals surface area contributed by atoms with Gasteiger partial charge in [0, 0.05) is 0 Å². The van der Waals surface area contributed by atoms with Crippen LogP contribution in [-0.2, 0) is 0 Å². The number of unbranched alkanes of at least 4 members (excludes halogenated alkanes) is 8. The van der Waals surface area contributed by atoms with Gasteiger partial charge in [-0.1, -0.05) is 58.8 Å². The molecule has 1 unspecified atom stereocenters. The molecule has 0 spiro atoms. The van der Waals surface area contributed by atoms with Crippen molar-refractivity contribution >= 4 is 0 Å². The van der Waals surface area contributed by atoms with Crippen molar-refractivity contribution in [1.82, 2.24) is 0 Å². The molecule has 18 heavy (non-hydrogen) atoms. The fourth-order valence-electron chi connectivity index (χ4n) is 2.77. The van der Waals surface area contributed by atoms with Gasteiger partial charge in [-0.15, -0.1) is 0 Å². The Bertz CT molecular complexity index is 167. The first-order valence-electron chi connectivity index (χ1n) is 8.52. The quantitative estimate of drug-likeness (QED) is 0.306. The van der Waals surface area contributed by atoms with Crippen LogP contribution in [-0.4, -0.2) is 31.2 Å². The minimum atomic E-state index is 1.28. The molecule has 0 saturated carbocycles. The summed E-state index contributed by atoms with van der Waals surface area (Å²) in [5.41, 5.74) is 0. The van der Waals surface area contributed by atoms with E-state index in [1.165, 1.54) is 88.3 Å². The first kappa shape index (κ1) is 18.0. The molecule has 0 aromatic carbocycles. The largest absolute Gasteiger partial charge is 0.326 e. The summed E-state index contributed by atoms with van der Waals surface area (Å²) < 4.78 is 1.28. The van der Waals surface area contributed by atoms with E-state index < -0.39 is 0 Å². The van der Waals surface area contributed by atoms with E-state index in [4.69, 9.17) is 0 Å². The van der Waals surface area contributed by atoms with Crippen molar-refractivity contribution in [3.8, 4) is 0 Å². The highest BCUT2D eigenvalue weighted by atomic mass is 15.3. The van der Waals surface area contributed by atoms with E-state index in [9.17, 15) is 0 Å². The molecule has 0 aliphatic carbocycles. The molecule has 0 aromatic rings. The van der Waals surface area contributed by atoms with Crippen LogP contribution in [0.25, 0.3) is 0 Å². The van der Waals surface area contributed by atoms with Gasteiger partial charge in [0.25, 0.3) is 0 Å². The minimum absolute atomic E-state index is 1.28. The average Bonchev–Trinajstić information content (AvgIpc) is 2.37. The van der Waals surface area contributed by atoms with Crippen LogP contribution in [0.1, 0.15) is 85.0 Å². The molecule has 110 valence electrons. The van der Waals surface area contributed by atoms with Gasteiger partial charge in [-0.2, -0.15) is 0 Å². The average molecular weight is 256 g/mol. The smallest absolute Gasteiger partial charge is 0.0784 e. The first-order chi connectivity index (χ1) is 8.68. The number of hydrogen-bond acceptors (Lipinski definition) is 0. The van der Waals surface area contributed by atoms with E-state index in [0.29, 0.717) is 0 Å². The Balaban J connectivity index is 3.33. The lowest BCUT2D eigenvalue weighted by atomic mass is 10.1. The van der Waals surface area contributed by atoms with Gasteiger partial charge in [0.05, 0.1) is 26.7 Å². The van der Waals surface area contributed by atoms with E-state index in [1.807, 2.05) is 0 Å². The maximum atomic E-state index is 2.42. The van der Waals surface area contributed by atoms with Gasteiger partial charge >= 0.3 is 0 Å². The normalized spacial score (nSPS) is 14.7. The number of quaternary nitrogens is 1. The summed E-state index contributed by atoms with van der Waals surface area (Å²) in [5.74, 6) is 0. The molecular formula is C17H38N+. The third-order valence-electron chi connectivity index (χ3n) is 4.33. The Kier molecular flexibility index (Phi) is 12.0. The number of nitrogens with zero attached hydrogens (tertiary/aromatic N) is 1. The fourth-order valence-corrected chi connectivity index (χ4v) is 2.77. The van der Waals surface area contributed by atoms with Gasteiger partial charge < -0.3 is 4.48 Å². The zero-order valence-electron chi connectivity index (χ0n) is 13.6. The number of rotatable bonds is 13. The first-order valence-corrected chi connectivity index (χ1v) is 8.52. The molecule has 1 atom stereocenters. The van der Waals surface area contributed by atoms with Gasteiger partial charge in [-0.05, 0) is 26.2 Å². The second-order valence-electron chi connectivity index (χ2n) is 6.21. The SMILES string of the molecule is CCCCCCCCCCC[N+](C)(CC)CCC. The predicted octanol–water partition coefficient (Wildman–Crippen LogP) is 5.39. The van der Waals surface area contributed by atoms with Crippen molar-refractivity contribution in [2.45, 2.75) is 85.0 Å². The summed E-state index contributed by atoms with van der Waals surface area (Å²) in [6.07, 6.45) is 14.3. The molecule has 0 heterocycles. The van der Waals surface area contributed by atoms with Crippen molar-refractivity contribution in [3.63, 3.8) is 0 Å². The molecule has 1 heteroatoms. The minimum Gasteiger partial charge on any atom is -0.326 e. The van der Waals surface area contributed by atoms with Crippen LogP contribution in [0.3, 0.4) is 0 Å². The van der Waals surface area contributed by atoms with E-state index in [-0.39, 0.29) is 0 Å². The van der Waals surface area contributed by atoms with Gasteiger partial charge in [0.15, 0.2) is 0 Å². The summed E-state index contributed by atoms with van der Waals surface area (Å²) in [6.45, 7) is 11.0. The fraction of sp³-hybridized carbons (Fsp3) is 1.00. The summed E-state index contributed by atoms with van der Waals surface area (Å²) >= 11 is 0. The Morgan fingerprint density at radius 1 is 0.556 bits per heavy atom. The molecule has 0 aliphatic heterocycles. The van der Waals surface area contributed by atoms with Crippen LogP contribution < -0.4 is 0 Å². The molecule has 0 N–H and O–H groups in total. The second-order valence-corrected chi connectivity index (χ2v) is 6.21. The summed E-state index contributed by atoms with van der Waals surface area (Å²) in [4.78, 5) is 0. The monoisotopic (exact) mass is 256 g/mol. The third-order valence-corrected chi connectivity index (χ3v) is 4.33. The second kappa shape index (κ2) is 12.0. The van der Waals surface area contributed by atoms with Crippen molar-refractivity contribution in [2.75, 3.05) is 26.7 Å². The highest BCUT2D eigenvalue weighted by molar-refractivity contribution is 4.47. The lowest BCUT2D eigenvalue weighted by Crippen LogP contribution is -2.45. The lowest BCUT2D eigenvalue weighted by molar-refractivity contribution is -0.908. The van der Waals surface area contributed by atoms with E-state index in [0.717, 1.165) is 0 Å². The molecule has 0 saturated heterocycles. The highest BCUT2D eigenvalue weighted by Crippen LogP contribution is 2.12. The maximum Gasteiger partial charge on any atom is 0.0784 e. The number of hydrogen-bond donors (Lipinski definition) is 0.